The molecule has 3 heterocycles. The molecule has 2 saturated carbocycles. The van der Waals surface area contributed by atoms with Crippen LogP contribution >= 0.6 is 0 Å². The molecular formula is C25H32N6V. The molecule has 0 radical (unpaired) electrons. The molecule has 3 N–H and O–H groups in total. The third kappa shape index (κ3) is 4.24. The van der Waals surface area contributed by atoms with Crippen LogP contribution in [-0.4, -0.2) is 31.4 Å². The van der Waals surface area contributed by atoms with Crippen molar-refractivity contribution in [1.82, 2.24) is 20.2 Å². The van der Waals surface area contributed by atoms with E-state index in [-0.39, 0.29) is 5.66 Å². The normalized spacial score (nSPS) is 25.4. The van der Waals surface area contributed by atoms with Crippen LogP contribution in [0.1, 0.15) is 51.9 Å². The van der Waals surface area contributed by atoms with Gasteiger partial charge in [0.15, 0.2) is 0 Å². The Kier molecular flexibility index (Phi) is 5.87. The molecule has 32 heavy (non-hydrogen) atoms. The van der Waals surface area contributed by atoms with Gasteiger partial charge in [0.25, 0.3) is 0 Å². The minimum atomic E-state index is -0.150. The van der Waals surface area contributed by atoms with Crippen LogP contribution in [0.5, 0.6) is 0 Å². The quantitative estimate of drug-likeness (QED) is 0.492. The average Bonchev–Trinajstić information content (AvgIpc) is 3.30. The predicted octanol–water partition coefficient (Wildman–Crippen LogP) is 4.44. The molecule has 0 bridgehead atoms. The third-order valence-electron chi connectivity index (χ3n) is 7.18. The van der Waals surface area contributed by atoms with Gasteiger partial charge in [0, 0.05) is 0 Å². The second kappa shape index (κ2) is 8.66. The summed E-state index contributed by atoms with van der Waals surface area (Å²) in [7, 11) is 0. The molecule has 2 aliphatic heterocycles. The topological polar surface area (TPSA) is 65.1 Å². The maximum absolute atomic E-state index is 4.47. The Hall–Kier alpha value is -2.15. The molecule has 7 heteroatoms. The zero-order chi connectivity index (χ0) is 22.3. The molecule has 1 aromatic heterocycles. The van der Waals surface area contributed by atoms with Crippen molar-refractivity contribution in [2.75, 3.05) is 17.2 Å². The van der Waals surface area contributed by atoms with Crippen molar-refractivity contribution in [3.63, 3.8) is 0 Å². The molecule has 1 saturated heterocycles. The van der Waals surface area contributed by atoms with Crippen LogP contribution in [0.4, 0.5) is 11.6 Å². The number of aromatic nitrogens is 2. The second-order valence-electron chi connectivity index (χ2n) is 9.68. The van der Waals surface area contributed by atoms with Gasteiger partial charge in [0.05, 0.1) is 0 Å². The number of hydrogen-bond acceptors (Lipinski definition) is 6. The SMILES string of the molecule is C=C(CNc1cc(NC2=CC=C3[C](=[V])NC(C)(C4CCCC4)N3C2=C)ncn1)CC1CC1. The zero-order valence-electron chi connectivity index (χ0n) is 18.8. The summed E-state index contributed by atoms with van der Waals surface area (Å²) in [5.74, 6) is 3.01. The molecule has 1 atom stereocenters. The summed E-state index contributed by atoms with van der Waals surface area (Å²) in [6.45, 7) is 11.7. The molecule has 6 nitrogen and oxygen atoms in total. The molecule has 1 aromatic rings. The standard InChI is InChI=1S/C25H32N6.V/c1-17(12-19-8-9-19)14-26-23-13-24(28-16-27-23)30-22-11-10-21-15-29-25(3,31(21)18(22)2)20-6-4-5-7-20;/h10-11,13,16,19-20,29H,1-2,4-9,12,14H2,3H3,(H2,26,27,28,30);. The fraction of sp³-hybridized carbons (Fsp3) is 0.480. The monoisotopic (exact) mass is 467 g/mol. The number of anilines is 2. The van der Waals surface area contributed by atoms with Crippen LogP contribution in [0, 0.1) is 11.8 Å². The summed E-state index contributed by atoms with van der Waals surface area (Å²) in [5, 5.41) is 10.6. The Balaban J connectivity index is 1.29. The van der Waals surface area contributed by atoms with Crippen LogP contribution in [0.3, 0.4) is 0 Å². The summed E-state index contributed by atoms with van der Waals surface area (Å²) in [6.07, 6.45) is 14.8. The van der Waals surface area contributed by atoms with E-state index in [9.17, 15) is 0 Å². The van der Waals surface area contributed by atoms with Crippen LogP contribution in [-0.2, 0) is 17.0 Å². The van der Waals surface area contributed by atoms with Gasteiger partial charge in [-0.05, 0) is 25.2 Å². The van der Waals surface area contributed by atoms with E-state index in [0.717, 1.165) is 46.3 Å². The first-order chi connectivity index (χ1) is 15.4. The fourth-order valence-corrected chi connectivity index (χ4v) is 5.86. The molecule has 0 spiro atoms. The Bertz CT molecular complexity index is 1020. The molecule has 167 valence electrons. The van der Waals surface area contributed by atoms with Gasteiger partial charge in [-0.25, -0.2) is 0 Å². The van der Waals surface area contributed by atoms with Gasteiger partial charge in [-0.2, -0.15) is 0 Å². The van der Waals surface area contributed by atoms with E-state index in [1.54, 1.807) is 6.33 Å². The van der Waals surface area contributed by atoms with Crippen molar-refractivity contribution in [3.05, 3.63) is 60.4 Å². The van der Waals surface area contributed by atoms with Gasteiger partial charge >= 0.3 is 168 Å². The number of allylic oxidation sites excluding steroid dienone is 2. The van der Waals surface area contributed by atoms with Crippen molar-refractivity contribution in [2.24, 2.45) is 11.8 Å². The maximum Gasteiger partial charge on any atom is -0.0277 e. The number of nitrogens with zero attached hydrogens (tertiary/aromatic N) is 3. The predicted molar refractivity (Wildman–Crippen MR) is 126 cm³/mol. The Labute approximate surface area is 199 Å². The van der Waals surface area contributed by atoms with E-state index in [4.69, 9.17) is 0 Å². The average molecular weight is 468 g/mol. The minimum Gasteiger partial charge on any atom is -0.0499 e. The van der Waals surface area contributed by atoms with Crippen molar-refractivity contribution in [1.29, 1.82) is 0 Å². The maximum atomic E-state index is 4.47. The van der Waals surface area contributed by atoms with Gasteiger partial charge in [0.2, 0.25) is 0 Å². The molecule has 1 unspecified atom stereocenters. The van der Waals surface area contributed by atoms with Crippen molar-refractivity contribution in [2.45, 2.75) is 57.5 Å². The summed E-state index contributed by atoms with van der Waals surface area (Å²) >= 11 is 2.69. The largest absolute Gasteiger partial charge is 0.0499 e. The fourth-order valence-electron chi connectivity index (χ4n) is 5.24. The Morgan fingerprint density at radius 3 is 2.72 bits per heavy atom. The molecular weight excluding hydrogens is 435 g/mol. The summed E-state index contributed by atoms with van der Waals surface area (Å²) < 4.78 is 1.16. The van der Waals surface area contributed by atoms with Crippen LogP contribution < -0.4 is 16.0 Å². The van der Waals surface area contributed by atoms with Crippen LogP contribution in [0.2, 0.25) is 0 Å². The van der Waals surface area contributed by atoms with Gasteiger partial charge in [-0.1, -0.05) is 6.58 Å². The van der Waals surface area contributed by atoms with Gasteiger partial charge < -0.3 is 0 Å². The molecule has 2 aliphatic carbocycles. The van der Waals surface area contributed by atoms with Crippen molar-refractivity contribution >= 4 is 16.0 Å². The summed E-state index contributed by atoms with van der Waals surface area (Å²) in [5.41, 5.74) is 4.21. The van der Waals surface area contributed by atoms with E-state index >= 15 is 0 Å². The second-order valence-corrected chi connectivity index (χ2v) is 10.4. The van der Waals surface area contributed by atoms with Crippen molar-refractivity contribution < 1.29 is 17.0 Å². The van der Waals surface area contributed by atoms with Crippen LogP contribution in [0.25, 0.3) is 0 Å². The minimum absolute atomic E-state index is 0.150. The van der Waals surface area contributed by atoms with E-state index in [0.29, 0.717) is 5.92 Å². The molecule has 3 fully saturated rings. The van der Waals surface area contributed by atoms with Gasteiger partial charge in [-0.3, -0.25) is 0 Å². The molecule has 0 amide bonds. The number of rotatable bonds is 8. The zero-order valence-corrected chi connectivity index (χ0v) is 20.2. The van der Waals surface area contributed by atoms with E-state index in [2.05, 4.69) is 80.0 Å². The summed E-state index contributed by atoms with van der Waals surface area (Å²) in [4.78, 5) is 11.2. The molecule has 0 aromatic carbocycles. The molecule has 5 rings (SSSR count). The first-order valence-electron chi connectivity index (χ1n) is 11.7. The van der Waals surface area contributed by atoms with Gasteiger partial charge in [-0.15, -0.1) is 0 Å². The number of hydrogen-bond donors (Lipinski definition) is 3. The molecule has 4 aliphatic rings. The number of fused-ring (bicyclic) bond motifs is 1. The Morgan fingerprint density at radius 1 is 1.22 bits per heavy atom. The Morgan fingerprint density at radius 2 is 1.97 bits per heavy atom. The first kappa shape index (κ1) is 21.7. The first-order valence-corrected chi connectivity index (χ1v) is 12.4. The van der Waals surface area contributed by atoms with E-state index in [1.165, 1.54) is 49.8 Å². The van der Waals surface area contributed by atoms with E-state index in [1.807, 2.05) is 6.07 Å². The van der Waals surface area contributed by atoms with Gasteiger partial charge in [0.1, 0.15) is 0 Å². The van der Waals surface area contributed by atoms with Crippen molar-refractivity contribution in [3.8, 4) is 0 Å². The van der Waals surface area contributed by atoms with E-state index < -0.39 is 0 Å². The summed E-state index contributed by atoms with van der Waals surface area (Å²) in [6, 6.07) is 1.95. The third-order valence-corrected chi connectivity index (χ3v) is 7.71. The smallest absolute Gasteiger partial charge is 0.0277 e. The number of nitrogens with one attached hydrogen (secondary N) is 3. The van der Waals surface area contributed by atoms with Crippen LogP contribution in [0.15, 0.2) is 60.4 Å².